The third-order valence-corrected chi connectivity index (χ3v) is 3.18. The van der Waals surface area contributed by atoms with Crippen molar-refractivity contribution in [3.8, 4) is 11.6 Å². The molecule has 0 atom stereocenters. The number of pyridine rings is 2. The topological polar surface area (TPSA) is 52.1 Å². The molecule has 0 N–H and O–H groups in total. The first-order valence-electron chi connectivity index (χ1n) is 6.65. The number of hydrogen-bond donors (Lipinski definition) is 0. The van der Waals surface area contributed by atoms with Crippen molar-refractivity contribution in [3.63, 3.8) is 0 Å². The second kappa shape index (κ2) is 5.32. The van der Waals surface area contributed by atoms with Crippen LogP contribution in [0.2, 0.25) is 0 Å². The summed E-state index contributed by atoms with van der Waals surface area (Å²) in [6, 6.07) is 13.0. The molecule has 0 aliphatic rings. The molecule has 0 amide bonds. The lowest BCUT2D eigenvalue weighted by molar-refractivity contribution is 0.101. The molecule has 1 aromatic carbocycles. The number of carbonyl (C=O) groups is 1. The van der Waals surface area contributed by atoms with E-state index in [-0.39, 0.29) is 5.78 Å². The highest BCUT2D eigenvalue weighted by molar-refractivity contribution is 5.94. The van der Waals surface area contributed by atoms with E-state index in [1.807, 2.05) is 37.3 Å². The van der Waals surface area contributed by atoms with Gasteiger partial charge >= 0.3 is 0 Å². The van der Waals surface area contributed by atoms with Crippen molar-refractivity contribution in [1.82, 2.24) is 9.97 Å². The molecule has 3 aromatic rings. The van der Waals surface area contributed by atoms with Crippen molar-refractivity contribution >= 4 is 16.7 Å². The molecule has 21 heavy (non-hydrogen) atoms. The number of aryl methyl sites for hydroxylation is 1. The van der Waals surface area contributed by atoms with Crippen molar-refractivity contribution in [2.45, 2.75) is 13.8 Å². The molecule has 2 heterocycles. The van der Waals surface area contributed by atoms with Gasteiger partial charge in [0.15, 0.2) is 11.5 Å². The molecule has 0 saturated carbocycles. The normalized spacial score (nSPS) is 10.6. The summed E-state index contributed by atoms with van der Waals surface area (Å²) in [4.78, 5) is 20.1. The summed E-state index contributed by atoms with van der Waals surface area (Å²) >= 11 is 0. The Morgan fingerprint density at radius 2 is 2.00 bits per heavy atom. The molecule has 3 rings (SSSR count). The van der Waals surface area contributed by atoms with E-state index in [0.29, 0.717) is 17.2 Å². The molecule has 0 aliphatic carbocycles. The highest BCUT2D eigenvalue weighted by Crippen LogP contribution is 2.28. The van der Waals surface area contributed by atoms with Crippen molar-refractivity contribution in [2.24, 2.45) is 0 Å². The Kier molecular flexibility index (Phi) is 3.36. The Morgan fingerprint density at radius 1 is 1.14 bits per heavy atom. The second-order valence-corrected chi connectivity index (χ2v) is 4.82. The van der Waals surface area contributed by atoms with Crippen LogP contribution in [0.3, 0.4) is 0 Å². The zero-order chi connectivity index (χ0) is 14.8. The van der Waals surface area contributed by atoms with Gasteiger partial charge in [0.25, 0.3) is 0 Å². The number of nitrogens with zero attached hydrogens (tertiary/aromatic N) is 2. The molecule has 0 radical (unpaired) electrons. The van der Waals surface area contributed by atoms with Crippen LogP contribution < -0.4 is 4.74 Å². The van der Waals surface area contributed by atoms with Gasteiger partial charge in [0.2, 0.25) is 5.88 Å². The lowest BCUT2D eigenvalue weighted by atomic mass is 10.2. The fourth-order valence-corrected chi connectivity index (χ4v) is 2.10. The number of ketones is 1. The number of para-hydroxylation sites is 1. The van der Waals surface area contributed by atoms with Gasteiger partial charge in [-0.05, 0) is 32.0 Å². The molecule has 0 fully saturated rings. The first-order valence-corrected chi connectivity index (χ1v) is 6.65. The van der Waals surface area contributed by atoms with E-state index >= 15 is 0 Å². The molecule has 0 unspecified atom stereocenters. The first kappa shape index (κ1) is 13.2. The molecular formula is C17H14N2O2. The quantitative estimate of drug-likeness (QED) is 0.681. The van der Waals surface area contributed by atoms with Crippen molar-refractivity contribution in [3.05, 3.63) is 59.9 Å². The van der Waals surface area contributed by atoms with Gasteiger partial charge in [0.1, 0.15) is 5.52 Å². The Labute approximate surface area is 122 Å². The van der Waals surface area contributed by atoms with Crippen LogP contribution in [0.15, 0.2) is 48.7 Å². The van der Waals surface area contributed by atoms with Crippen LogP contribution in [-0.2, 0) is 0 Å². The average Bonchev–Trinajstić information content (AvgIpc) is 2.48. The third-order valence-electron chi connectivity index (χ3n) is 3.18. The van der Waals surface area contributed by atoms with Crippen LogP contribution in [0.25, 0.3) is 10.9 Å². The Morgan fingerprint density at radius 3 is 2.81 bits per heavy atom. The fourth-order valence-electron chi connectivity index (χ4n) is 2.10. The number of carbonyl (C=O) groups excluding carboxylic acids is 1. The molecule has 2 aromatic heterocycles. The number of Topliss-reactive ketones (excluding diaryl/α,β-unsaturated/α-hetero) is 1. The monoisotopic (exact) mass is 278 g/mol. The minimum atomic E-state index is -0.0193. The summed E-state index contributed by atoms with van der Waals surface area (Å²) in [6.07, 6.45) is 1.57. The van der Waals surface area contributed by atoms with Crippen LogP contribution in [-0.4, -0.2) is 15.8 Å². The number of fused-ring (bicyclic) bond motifs is 1. The summed E-state index contributed by atoms with van der Waals surface area (Å²) in [7, 11) is 0. The van der Waals surface area contributed by atoms with Crippen molar-refractivity contribution in [1.29, 1.82) is 0 Å². The lowest BCUT2D eigenvalue weighted by Crippen LogP contribution is -1.96. The largest absolute Gasteiger partial charge is 0.437 e. The molecule has 0 saturated heterocycles. The van der Waals surface area contributed by atoms with E-state index < -0.39 is 0 Å². The first-order chi connectivity index (χ1) is 10.1. The minimum Gasteiger partial charge on any atom is -0.437 e. The molecule has 0 spiro atoms. The zero-order valence-corrected chi connectivity index (χ0v) is 11.8. The predicted octanol–water partition coefficient (Wildman–Crippen LogP) is 3.93. The van der Waals surface area contributed by atoms with Gasteiger partial charge in [-0.25, -0.2) is 9.97 Å². The third kappa shape index (κ3) is 2.74. The maximum Gasteiger partial charge on any atom is 0.220 e. The molecule has 4 heteroatoms. The average molecular weight is 278 g/mol. The molecule has 0 aliphatic heterocycles. The smallest absolute Gasteiger partial charge is 0.220 e. The zero-order valence-electron chi connectivity index (χ0n) is 11.8. The molecule has 0 bridgehead atoms. The maximum atomic E-state index is 11.4. The Bertz CT molecular complexity index is 828. The number of benzene rings is 1. The second-order valence-electron chi connectivity index (χ2n) is 4.82. The van der Waals surface area contributed by atoms with E-state index in [4.69, 9.17) is 4.74 Å². The summed E-state index contributed by atoms with van der Waals surface area (Å²) in [5, 5.41) is 1.00. The van der Waals surface area contributed by atoms with E-state index in [1.54, 1.807) is 18.3 Å². The van der Waals surface area contributed by atoms with E-state index in [2.05, 4.69) is 9.97 Å². The van der Waals surface area contributed by atoms with E-state index in [1.165, 1.54) is 6.92 Å². The highest BCUT2D eigenvalue weighted by atomic mass is 16.5. The van der Waals surface area contributed by atoms with E-state index in [9.17, 15) is 4.79 Å². The predicted molar refractivity (Wildman–Crippen MR) is 80.8 cm³/mol. The van der Waals surface area contributed by atoms with Gasteiger partial charge < -0.3 is 4.74 Å². The van der Waals surface area contributed by atoms with Gasteiger partial charge in [-0.2, -0.15) is 0 Å². The standard InChI is InChI=1S/C17H14N2O2/c1-11-6-7-13-4-3-5-15(17(13)19-11)21-16-10-14(12(2)20)8-9-18-16/h3-10H,1-2H3. The van der Waals surface area contributed by atoms with Crippen LogP contribution >= 0.6 is 0 Å². The number of aromatic nitrogens is 2. The van der Waals surface area contributed by atoms with Crippen molar-refractivity contribution in [2.75, 3.05) is 0 Å². The lowest BCUT2D eigenvalue weighted by Gasteiger charge is -2.08. The Hall–Kier alpha value is -2.75. The van der Waals surface area contributed by atoms with Crippen LogP contribution in [0.4, 0.5) is 0 Å². The molecular weight excluding hydrogens is 264 g/mol. The van der Waals surface area contributed by atoms with Crippen LogP contribution in [0.5, 0.6) is 11.6 Å². The van der Waals surface area contributed by atoms with Crippen molar-refractivity contribution < 1.29 is 9.53 Å². The minimum absolute atomic E-state index is 0.0193. The molecule has 4 nitrogen and oxygen atoms in total. The maximum absolute atomic E-state index is 11.4. The van der Waals surface area contributed by atoms with Gasteiger partial charge in [-0.1, -0.05) is 18.2 Å². The van der Waals surface area contributed by atoms with Gasteiger partial charge in [0.05, 0.1) is 0 Å². The SMILES string of the molecule is CC(=O)c1ccnc(Oc2cccc3ccc(C)nc23)c1. The van der Waals surface area contributed by atoms with E-state index in [0.717, 1.165) is 16.6 Å². The Balaban J connectivity index is 2.04. The number of ether oxygens (including phenoxy) is 1. The number of hydrogen-bond acceptors (Lipinski definition) is 4. The molecule has 104 valence electrons. The summed E-state index contributed by atoms with van der Waals surface area (Å²) in [5.74, 6) is 0.997. The van der Waals surface area contributed by atoms with Gasteiger partial charge in [0, 0.05) is 28.9 Å². The number of rotatable bonds is 3. The van der Waals surface area contributed by atoms with Gasteiger partial charge in [-0.3, -0.25) is 4.79 Å². The summed E-state index contributed by atoms with van der Waals surface area (Å²) < 4.78 is 5.81. The van der Waals surface area contributed by atoms with Crippen LogP contribution in [0.1, 0.15) is 23.0 Å². The highest BCUT2D eigenvalue weighted by Gasteiger charge is 2.08. The fraction of sp³-hybridized carbons (Fsp3) is 0.118. The van der Waals surface area contributed by atoms with Gasteiger partial charge in [-0.15, -0.1) is 0 Å². The van der Waals surface area contributed by atoms with Crippen LogP contribution in [0, 0.1) is 6.92 Å². The summed E-state index contributed by atoms with van der Waals surface area (Å²) in [5.41, 5.74) is 2.28. The summed E-state index contributed by atoms with van der Waals surface area (Å²) in [6.45, 7) is 3.45.